The number of H-pyrrole nitrogens is 1. The van der Waals surface area contributed by atoms with Crippen molar-refractivity contribution in [2.75, 3.05) is 18.4 Å². The second-order valence-electron chi connectivity index (χ2n) is 5.58. The van der Waals surface area contributed by atoms with E-state index in [0.717, 1.165) is 25.4 Å². The van der Waals surface area contributed by atoms with Crippen molar-refractivity contribution in [1.29, 1.82) is 0 Å². The lowest BCUT2D eigenvalue weighted by molar-refractivity contribution is 0.328. The fourth-order valence-electron chi connectivity index (χ4n) is 2.71. The zero-order chi connectivity index (χ0) is 14.1. The lowest BCUT2D eigenvalue weighted by atomic mass is 9.94. The van der Waals surface area contributed by atoms with Crippen molar-refractivity contribution < 1.29 is 0 Å². The fourth-order valence-corrected chi connectivity index (χ4v) is 2.71. The second-order valence-corrected chi connectivity index (χ2v) is 5.58. The largest absolute Gasteiger partial charge is 0.354 e. The summed E-state index contributed by atoms with van der Waals surface area (Å²) in [7, 11) is 1.78. The minimum atomic E-state index is -0.157. The average Bonchev–Trinajstić information content (AvgIpc) is 2.79. The van der Waals surface area contributed by atoms with Gasteiger partial charge in [-0.3, -0.25) is 14.5 Å². The molecule has 20 heavy (non-hydrogen) atoms. The maximum absolute atomic E-state index is 11.9. The summed E-state index contributed by atoms with van der Waals surface area (Å²) >= 11 is 0. The van der Waals surface area contributed by atoms with Gasteiger partial charge in [0.05, 0.1) is 6.20 Å². The van der Waals surface area contributed by atoms with Crippen LogP contribution in [0.1, 0.15) is 19.8 Å². The van der Waals surface area contributed by atoms with Crippen LogP contribution in [0.5, 0.6) is 0 Å². The predicted molar refractivity (Wildman–Crippen MR) is 77.8 cm³/mol. The van der Waals surface area contributed by atoms with Crippen LogP contribution in [-0.2, 0) is 7.05 Å². The van der Waals surface area contributed by atoms with Gasteiger partial charge in [-0.25, -0.2) is 0 Å². The minimum absolute atomic E-state index is 0.157. The number of nitrogens with zero attached hydrogens (tertiary/aromatic N) is 3. The van der Waals surface area contributed by atoms with Crippen molar-refractivity contribution in [2.24, 2.45) is 13.0 Å². The molecular formula is C13H20N6O. The van der Waals surface area contributed by atoms with Crippen LogP contribution in [0.15, 0.2) is 11.0 Å². The van der Waals surface area contributed by atoms with Crippen molar-refractivity contribution in [2.45, 2.75) is 25.8 Å². The molecule has 2 atom stereocenters. The molecule has 7 nitrogen and oxygen atoms in total. The molecule has 0 spiro atoms. The molecule has 0 aromatic carbocycles. The zero-order valence-electron chi connectivity index (χ0n) is 11.8. The van der Waals surface area contributed by atoms with Crippen LogP contribution in [0, 0.1) is 5.92 Å². The van der Waals surface area contributed by atoms with E-state index in [2.05, 4.69) is 32.6 Å². The van der Waals surface area contributed by atoms with Gasteiger partial charge >= 0.3 is 0 Å². The summed E-state index contributed by atoms with van der Waals surface area (Å²) in [6, 6.07) is 0.422. The molecule has 2 aromatic rings. The molecule has 1 aliphatic rings. The molecule has 2 aromatic heterocycles. The first-order valence-electron chi connectivity index (χ1n) is 7.03. The SMILES string of the molecule is C[C@@H]1CCN[C@H](CNc2nc3c(cnn3C)c(=O)[nH]2)C1. The van der Waals surface area contributed by atoms with Crippen LogP contribution >= 0.6 is 0 Å². The van der Waals surface area contributed by atoms with E-state index >= 15 is 0 Å². The summed E-state index contributed by atoms with van der Waals surface area (Å²) in [5, 5.41) is 11.3. The molecule has 0 radical (unpaired) electrons. The summed E-state index contributed by atoms with van der Waals surface area (Å²) in [4.78, 5) is 19.1. The molecule has 0 bridgehead atoms. The highest BCUT2D eigenvalue weighted by Gasteiger charge is 2.18. The molecule has 1 aliphatic heterocycles. The summed E-state index contributed by atoms with van der Waals surface area (Å²) in [6.07, 6.45) is 3.91. The third-order valence-electron chi connectivity index (χ3n) is 3.87. The Labute approximate surface area is 116 Å². The van der Waals surface area contributed by atoms with E-state index in [9.17, 15) is 4.79 Å². The Morgan fingerprint density at radius 1 is 1.55 bits per heavy atom. The first-order valence-corrected chi connectivity index (χ1v) is 7.03. The molecule has 0 aliphatic carbocycles. The Balaban J connectivity index is 1.74. The van der Waals surface area contributed by atoms with E-state index < -0.39 is 0 Å². The van der Waals surface area contributed by atoms with Gasteiger partial charge in [-0.2, -0.15) is 10.1 Å². The molecule has 0 saturated carbocycles. The molecule has 3 heterocycles. The monoisotopic (exact) mass is 276 g/mol. The van der Waals surface area contributed by atoms with Gasteiger partial charge in [0.1, 0.15) is 5.39 Å². The average molecular weight is 276 g/mol. The Bertz CT molecular complexity index is 660. The van der Waals surface area contributed by atoms with Crippen LogP contribution in [0.3, 0.4) is 0 Å². The molecule has 3 rings (SSSR count). The summed E-state index contributed by atoms with van der Waals surface area (Å²) < 4.78 is 1.61. The molecule has 108 valence electrons. The molecule has 7 heteroatoms. The summed E-state index contributed by atoms with van der Waals surface area (Å²) in [5.41, 5.74) is 0.441. The van der Waals surface area contributed by atoms with Gasteiger partial charge in [0.2, 0.25) is 5.95 Å². The summed E-state index contributed by atoms with van der Waals surface area (Å²) in [5.74, 6) is 1.25. The highest BCUT2D eigenvalue weighted by atomic mass is 16.1. The Hall–Kier alpha value is -1.89. The van der Waals surface area contributed by atoms with Gasteiger partial charge in [0, 0.05) is 19.6 Å². The number of nitrogens with one attached hydrogen (secondary N) is 3. The number of anilines is 1. The number of hydrogen-bond acceptors (Lipinski definition) is 5. The molecule has 3 N–H and O–H groups in total. The second kappa shape index (κ2) is 5.24. The van der Waals surface area contributed by atoms with E-state index in [-0.39, 0.29) is 5.56 Å². The van der Waals surface area contributed by atoms with Gasteiger partial charge in [0.15, 0.2) is 5.65 Å². The van der Waals surface area contributed by atoms with Gasteiger partial charge in [-0.1, -0.05) is 6.92 Å². The number of rotatable bonds is 3. The van der Waals surface area contributed by atoms with E-state index in [4.69, 9.17) is 0 Å². The van der Waals surface area contributed by atoms with E-state index in [0.29, 0.717) is 23.0 Å². The van der Waals surface area contributed by atoms with Crippen LogP contribution in [0.4, 0.5) is 5.95 Å². The maximum Gasteiger partial charge on any atom is 0.263 e. The fraction of sp³-hybridized carbons (Fsp3) is 0.615. The van der Waals surface area contributed by atoms with Crippen LogP contribution in [-0.4, -0.2) is 38.9 Å². The highest BCUT2D eigenvalue weighted by Crippen LogP contribution is 2.15. The molecule has 0 unspecified atom stereocenters. The number of hydrogen-bond donors (Lipinski definition) is 3. The van der Waals surface area contributed by atoms with E-state index in [1.807, 2.05) is 0 Å². The predicted octanol–water partition coefficient (Wildman–Crippen LogP) is 0.457. The Morgan fingerprint density at radius 3 is 3.20 bits per heavy atom. The quantitative estimate of drug-likeness (QED) is 0.758. The zero-order valence-corrected chi connectivity index (χ0v) is 11.8. The van der Waals surface area contributed by atoms with E-state index in [1.54, 1.807) is 11.7 Å². The molecule has 0 amide bonds. The lowest BCUT2D eigenvalue weighted by Crippen LogP contribution is -2.42. The number of aromatic amines is 1. The Morgan fingerprint density at radius 2 is 2.40 bits per heavy atom. The van der Waals surface area contributed by atoms with Crippen molar-refractivity contribution in [3.05, 3.63) is 16.6 Å². The van der Waals surface area contributed by atoms with Crippen molar-refractivity contribution in [3.63, 3.8) is 0 Å². The van der Waals surface area contributed by atoms with Crippen molar-refractivity contribution in [3.8, 4) is 0 Å². The molecule has 1 saturated heterocycles. The smallest absolute Gasteiger partial charge is 0.263 e. The third-order valence-corrected chi connectivity index (χ3v) is 3.87. The highest BCUT2D eigenvalue weighted by molar-refractivity contribution is 5.74. The number of aryl methyl sites for hydroxylation is 1. The van der Waals surface area contributed by atoms with Gasteiger partial charge < -0.3 is 10.6 Å². The first kappa shape index (κ1) is 13.1. The maximum atomic E-state index is 11.9. The van der Waals surface area contributed by atoms with E-state index in [1.165, 1.54) is 12.6 Å². The first-order chi connectivity index (χ1) is 9.63. The standard InChI is InChI=1S/C13H20N6O/c1-8-3-4-14-9(5-8)6-15-13-17-11-10(12(20)18-13)7-16-19(11)2/h7-9,14H,3-6H2,1-2H3,(H2,15,17,18,20)/t8-,9+/m1/s1. The minimum Gasteiger partial charge on any atom is -0.354 e. The lowest BCUT2D eigenvalue weighted by Gasteiger charge is -2.28. The van der Waals surface area contributed by atoms with Gasteiger partial charge in [-0.15, -0.1) is 0 Å². The molecule has 1 fully saturated rings. The third kappa shape index (κ3) is 2.53. The number of aromatic nitrogens is 4. The van der Waals surface area contributed by atoms with Crippen LogP contribution in [0.25, 0.3) is 11.0 Å². The number of piperidine rings is 1. The topological polar surface area (TPSA) is 87.6 Å². The number of fused-ring (bicyclic) bond motifs is 1. The summed E-state index contributed by atoms with van der Waals surface area (Å²) in [6.45, 7) is 4.09. The van der Waals surface area contributed by atoms with Crippen molar-refractivity contribution in [1.82, 2.24) is 25.1 Å². The Kier molecular flexibility index (Phi) is 3.43. The normalized spacial score (nSPS) is 23.1. The van der Waals surface area contributed by atoms with Crippen molar-refractivity contribution >= 4 is 17.0 Å². The molecular weight excluding hydrogens is 256 g/mol. The van der Waals surface area contributed by atoms with Crippen LogP contribution in [0.2, 0.25) is 0 Å². The van der Waals surface area contributed by atoms with Gasteiger partial charge in [-0.05, 0) is 25.3 Å². The van der Waals surface area contributed by atoms with Crippen LogP contribution < -0.4 is 16.2 Å². The van der Waals surface area contributed by atoms with Gasteiger partial charge in [0.25, 0.3) is 5.56 Å².